The first-order valence-electron chi connectivity index (χ1n) is 5.33. The summed E-state index contributed by atoms with van der Waals surface area (Å²) < 4.78 is 0. The summed E-state index contributed by atoms with van der Waals surface area (Å²) in [5, 5.41) is 12.9. The third-order valence-electron chi connectivity index (χ3n) is 2.50. The summed E-state index contributed by atoms with van der Waals surface area (Å²) >= 11 is 5.44. The lowest BCUT2D eigenvalue weighted by atomic mass is 10.1. The third kappa shape index (κ3) is 2.17. The molecule has 1 amide bonds. The second kappa shape index (κ2) is 5.10. The molecule has 0 radical (unpaired) electrons. The fourth-order valence-electron chi connectivity index (χ4n) is 1.69. The van der Waals surface area contributed by atoms with E-state index in [2.05, 4.69) is 10.3 Å². The molecule has 5 nitrogen and oxygen atoms in total. The fourth-order valence-corrected chi connectivity index (χ4v) is 1.78. The zero-order valence-electron chi connectivity index (χ0n) is 9.37. The maximum absolute atomic E-state index is 11.7. The van der Waals surface area contributed by atoms with E-state index in [4.69, 9.17) is 11.6 Å². The number of benzene rings is 1. The first-order valence-corrected chi connectivity index (χ1v) is 5.86. The number of hydrogen-bond donors (Lipinski definition) is 3. The van der Waals surface area contributed by atoms with Gasteiger partial charge in [-0.15, -0.1) is 11.6 Å². The van der Waals surface area contributed by atoms with E-state index >= 15 is 0 Å². The van der Waals surface area contributed by atoms with Crippen LogP contribution in [0.25, 0.3) is 10.9 Å². The average Bonchev–Trinajstić information content (AvgIpc) is 2.36. The third-order valence-corrected chi connectivity index (χ3v) is 2.69. The molecule has 2 aromatic rings. The highest BCUT2D eigenvalue weighted by Crippen LogP contribution is 2.24. The van der Waals surface area contributed by atoms with Crippen LogP contribution in [0.15, 0.2) is 29.1 Å². The van der Waals surface area contributed by atoms with Gasteiger partial charge in [0.15, 0.2) is 0 Å². The molecule has 0 aliphatic heterocycles. The van der Waals surface area contributed by atoms with E-state index in [0.29, 0.717) is 10.9 Å². The lowest BCUT2D eigenvalue weighted by Gasteiger charge is -2.07. The molecular weight excluding hydrogens is 256 g/mol. The van der Waals surface area contributed by atoms with Crippen LogP contribution in [0.1, 0.15) is 10.4 Å². The number of aromatic amines is 1. The standard InChI is InChI=1S/C12H11ClN2O3/c13-5-6-14-11(17)9-10(16)7-3-1-2-4-8(7)15-12(9)18/h1-4H,5-6H2,(H,14,17)(H2,15,16,18). The van der Waals surface area contributed by atoms with E-state index in [0.717, 1.165) is 0 Å². The number of para-hydroxylation sites is 1. The number of amides is 1. The minimum absolute atomic E-state index is 0.228. The smallest absolute Gasteiger partial charge is 0.265 e. The van der Waals surface area contributed by atoms with Crippen LogP contribution >= 0.6 is 11.6 Å². The lowest BCUT2D eigenvalue weighted by molar-refractivity contribution is 0.0952. The largest absolute Gasteiger partial charge is 0.506 e. The maximum atomic E-state index is 11.7. The molecule has 0 atom stereocenters. The van der Waals surface area contributed by atoms with Gasteiger partial charge in [0.25, 0.3) is 11.5 Å². The molecule has 1 aromatic heterocycles. The van der Waals surface area contributed by atoms with E-state index in [1.807, 2.05) is 0 Å². The Morgan fingerprint density at radius 2 is 2.11 bits per heavy atom. The number of nitrogens with one attached hydrogen (secondary N) is 2. The van der Waals surface area contributed by atoms with Gasteiger partial charge >= 0.3 is 0 Å². The van der Waals surface area contributed by atoms with Crippen LogP contribution in [0.5, 0.6) is 5.75 Å². The first kappa shape index (κ1) is 12.4. The van der Waals surface area contributed by atoms with Crippen molar-refractivity contribution in [2.75, 3.05) is 12.4 Å². The summed E-state index contributed by atoms with van der Waals surface area (Å²) in [6.07, 6.45) is 0. The maximum Gasteiger partial charge on any atom is 0.265 e. The average molecular weight is 267 g/mol. The lowest BCUT2D eigenvalue weighted by Crippen LogP contribution is -2.31. The minimum atomic E-state index is -0.639. The molecule has 0 saturated heterocycles. The Labute approximate surface area is 107 Å². The van der Waals surface area contributed by atoms with Gasteiger partial charge in [-0.2, -0.15) is 0 Å². The van der Waals surface area contributed by atoms with Crippen molar-refractivity contribution < 1.29 is 9.90 Å². The van der Waals surface area contributed by atoms with Gasteiger partial charge in [0.1, 0.15) is 11.3 Å². The van der Waals surface area contributed by atoms with Gasteiger partial charge in [-0.3, -0.25) is 9.59 Å². The zero-order valence-corrected chi connectivity index (χ0v) is 10.1. The highest BCUT2D eigenvalue weighted by Gasteiger charge is 2.18. The Morgan fingerprint density at radius 3 is 2.83 bits per heavy atom. The van der Waals surface area contributed by atoms with E-state index in [1.165, 1.54) is 0 Å². The predicted octanol–water partition coefficient (Wildman–Crippen LogP) is 1.20. The van der Waals surface area contributed by atoms with E-state index in [9.17, 15) is 14.7 Å². The number of pyridine rings is 1. The molecule has 2 rings (SSSR count). The van der Waals surface area contributed by atoms with E-state index in [-0.39, 0.29) is 23.7 Å². The minimum Gasteiger partial charge on any atom is -0.506 e. The number of alkyl halides is 1. The molecule has 0 unspecified atom stereocenters. The van der Waals surface area contributed by atoms with Crippen molar-refractivity contribution in [1.82, 2.24) is 10.3 Å². The van der Waals surface area contributed by atoms with Gasteiger partial charge in [0.2, 0.25) is 0 Å². The van der Waals surface area contributed by atoms with Crippen molar-refractivity contribution in [3.8, 4) is 5.75 Å². The van der Waals surface area contributed by atoms with Crippen molar-refractivity contribution >= 4 is 28.4 Å². The van der Waals surface area contributed by atoms with Crippen LogP contribution in [-0.4, -0.2) is 28.4 Å². The molecule has 0 aliphatic carbocycles. The Morgan fingerprint density at radius 1 is 1.39 bits per heavy atom. The van der Waals surface area contributed by atoms with Gasteiger partial charge in [-0.05, 0) is 12.1 Å². The van der Waals surface area contributed by atoms with Gasteiger partial charge < -0.3 is 15.4 Å². The van der Waals surface area contributed by atoms with Crippen molar-refractivity contribution in [3.63, 3.8) is 0 Å². The molecule has 0 saturated carbocycles. The molecule has 94 valence electrons. The molecule has 1 heterocycles. The van der Waals surface area contributed by atoms with Gasteiger partial charge in [0.05, 0.1) is 5.52 Å². The quantitative estimate of drug-likeness (QED) is 0.730. The second-order valence-electron chi connectivity index (χ2n) is 3.67. The van der Waals surface area contributed by atoms with Crippen LogP contribution < -0.4 is 10.9 Å². The molecule has 0 fully saturated rings. The van der Waals surface area contributed by atoms with Crippen molar-refractivity contribution in [3.05, 3.63) is 40.2 Å². The van der Waals surface area contributed by atoms with Crippen molar-refractivity contribution in [2.24, 2.45) is 0 Å². The Balaban J connectivity index is 2.57. The molecule has 0 spiro atoms. The number of hydrogen-bond acceptors (Lipinski definition) is 3. The predicted molar refractivity (Wildman–Crippen MR) is 69.3 cm³/mol. The molecule has 0 aliphatic rings. The van der Waals surface area contributed by atoms with Crippen molar-refractivity contribution in [1.29, 1.82) is 0 Å². The van der Waals surface area contributed by atoms with E-state index in [1.54, 1.807) is 24.3 Å². The van der Waals surface area contributed by atoms with Gasteiger partial charge in [-0.25, -0.2) is 0 Å². The van der Waals surface area contributed by atoms with Gasteiger partial charge in [0, 0.05) is 17.8 Å². The summed E-state index contributed by atoms with van der Waals surface area (Å²) in [4.78, 5) is 26.0. The fraction of sp³-hybridized carbons (Fsp3) is 0.167. The van der Waals surface area contributed by atoms with Crippen LogP contribution in [0.3, 0.4) is 0 Å². The second-order valence-corrected chi connectivity index (χ2v) is 4.05. The summed E-state index contributed by atoms with van der Waals surface area (Å²) in [6, 6.07) is 6.71. The Bertz CT molecular complexity index is 651. The normalized spacial score (nSPS) is 10.5. The summed E-state index contributed by atoms with van der Waals surface area (Å²) in [5.41, 5.74) is -0.439. The number of halogens is 1. The molecule has 0 bridgehead atoms. The monoisotopic (exact) mass is 266 g/mol. The SMILES string of the molecule is O=C(NCCCl)c1c(O)c2ccccc2[nH]c1=O. The van der Waals surface area contributed by atoms with Crippen LogP contribution in [-0.2, 0) is 0 Å². The number of aromatic nitrogens is 1. The molecule has 18 heavy (non-hydrogen) atoms. The number of rotatable bonds is 3. The summed E-state index contributed by atoms with van der Waals surface area (Å²) in [5.74, 6) is -0.723. The summed E-state index contributed by atoms with van der Waals surface area (Å²) in [6.45, 7) is 0.228. The number of aromatic hydroxyl groups is 1. The van der Waals surface area contributed by atoms with Crippen LogP contribution in [0.4, 0.5) is 0 Å². The van der Waals surface area contributed by atoms with Crippen molar-refractivity contribution in [2.45, 2.75) is 0 Å². The number of H-pyrrole nitrogens is 1. The highest BCUT2D eigenvalue weighted by molar-refractivity contribution is 6.18. The number of fused-ring (bicyclic) bond motifs is 1. The molecule has 3 N–H and O–H groups in total. The Hall–Kier alpha value is -2.01. The molecular formula is C12H11ClN2O3. The number of carbonyl (C=O) groups is 1. The highest BCUT2D eigenvalue weighted by atomic mass is 35.5. The first-order chi connectivity index (χ1) is 8.65. The number of carbonyl (C=O) groups excluding carboxylic acids is 1. The van der Waals surface area contributed by atoms with Crippen LogP contribution in [0.2, 0.25) is 0 Å². The zero-order chi connectivity index (χ0) is 13.1. The Kier molecular flexibility index (Phi) is 3.53. The van der Waals surface area contributed by atoms with Crippen LogP contribution in [0, 0.1) is 0 Å². The molecule has 1 aromatic carbocycles. The van der Waals surface area contributed by atoms with E-state index < -0.39 is 11.5 Å². The summed E-state index contributed by atoms with van der Waals surface area (Å²) in [7, 11) is 0. The molecule has 6 heteroatoms. The topological polar surface area (TPSA) is 82.2 Å². The van der Waals surface area contributed by atoms with Gasteiger partial charge in [-0.1, -0.05) is 12.1 Å².